The van der Waals surface area contributed by atoms with Crippen molar-refractivity contribution < 1.29 is 0 Å². The van der Waals surface area contributed by atoms with Gasteiger partial charge < -0.3 is 0 Å². The highest BCUT2D eigenvalue weighted by molar-refractivity contribution is 5.09. The molecule has 0 aliphatic heterocycles. The molecule has 0 aromatic rings. The molecule has 0 N–H and O–H groups in total. The molecule has 0 heterocycles. The Morgan fingerprint density at radius 1 is 0.714 bits per heavy atom. The summed E-state index contributed by atoms with van der Waals surface area (Å²) in [5, 5.41) is 0. The van der Waals surface area contributed by atoms with Gasteiger partial charge in [0.1, 0.15) is 0 Å². The van der Waals surface area contributed by atoms with E-state index in [1.165, 1.54) is 25.7 Å². The van der Waals surface area contributed by atoms with Gasteiger partial charge in [0, 0.05) is 0 Å². The molecule has 4 rings (SSSR count). The van der Waals surface area contributed by atoms with E-state index in [0.29, 0.717) is 10.8 Å². The van der Waals surface area contributed by atoms with Crippen LogP contribution < -0.4 is 0 Å². The second-order valence-electron chi connectivity index (χ2n) is 12.9. The SMILES string of the molecule is CC(C)C(C)CC[C@@H](C)[C@@H]1CC[C@@H]2[C@H]3CC[C@H]4CCCC[C@]4(C)[C@@H]3CC[C@@]21C. The molecule has 0 saturated heterocycles. The Bertz CT molecular complexity index is 534. The fourth-order valence-corrected chi connectivity index (χ4v) is 9.33. The Balaban J connectivity index is 1.46. The fourth-order valence-electron chi connectivity index (χ4n) is 9.33. The molecule has 0 spiro atoms. The number of fused-ring (bicyclic) bond motifs is 5. The van der Waals surface area contributed by atoms with Gasteiger partial charge in [-0.05, 0) is 110 Å². The molecular weight excluding hydrogens is 336 g/mol. The summed E-state index contributed by atoms with van der Waals surface area (Å²) in [6.45, 7) is 15.4. The van der Waals surface area contributed by atoms with Crippen LogP contribution in [0.2, 0.25) is 0 Å². The Morgan fingerprint density at radius 3 is 2.21 bits per heavy atom. The van der Waals surface area contributed by atoms with Crippen molar-refractivity contribution in [1.82, 2.24) is 0 Å². The van der Waals surface area contributed by atoms with E-state index >= 15 is 0 Å². The molecule has 4 fully saturated rings. The maximum absolute atomic E-state index is 2.75. The van der Waals surface area contributed by atoms with E-state index in [4.69, 9.17) is 0 Å². The van der Waals surface area contributed by atoms with Crippen molar-refractivity contribution in [2.75, 3.05) is 0 Å². The van der Waals surface area contributed by atoms with Crippen LogP contribution >= 0.6 is 0 Å². The summed E-state index contributed by atoms with van der Waals surface area (Å²) in [6.07, 6.45) is 18.4. The highest BCUT2D eigenvalue weighted by Gasteiger charge is 2.60. The molecule has 4 aliphatic carbocycles. The quantitative estimate of drug-likeness (QED) is 0.443. The van der Waals surface area contributed by atoms with Gasteiger partial charge in [-0.15, -0.1) is 0 Å². The van der Waals surface area contributed by atoms with Gasteiger partial charge in [0.05, 0.1) is 0 Å². The number of hydrogen-bond acceptors (Lipinski definition) is 0. The molecule has 4 aliphatic rings. The second kappa shape index (κ2) is 7.92. The van der Waals surface area contributed by atoms with Crippen molar-refractivity contribution in [2.45, 2.75) is 119 Å². The Kier molecular flexibility index (Phi) is 6.01. The van der Waals surface area contributed by atoms with Gasteiger partial charge in [-0.3, -0.25) is 0 Å². The van der Waals surface area contributed by atoms with Gasteiger partial charge in [-0.25, -0.2) is 0 Å². The van der Waals surface area contributed by atoms with E-state index in [1.54, 1.807) is 51.4 Å². The number of rotatable bonds is 5. The van der Waals surface area contributed by atoms with Gasteiger partial charge in [-0.2, -0.15) is 0 Å². The van der Waals surface area contributed by atoms with Crippen LogP contribution in [-0.2, 0) is 0 Å². The first kappa shape index (κ1) is 21.2. The summed E-state index contributed by atoms with van der Waals surface area (Å²) in [5.41, 5.74) is 1.37. The van der Waals surface area contributed by atoms with E-state index in [0.717, 1.165) is 47.3 Å². The molecule has 162 valence electrons. The smallest absolute Gasteiger partial charge is 0.0264 e. The standard InChI is InChI=1S/C28H50/c1-19(2)20(3)10-11-21(4)24-14-15-25-23-13-12-22-9-7-8-17-27(22,5)26(23)16-18-28(24,25)6/h19-26H,7-18H2,1-6H3/t20?,21-,22-,23-,24+,25-,26-,27+,28-/m1/s1. The van der Waals surface area contributed by atoms with E-state index in [2.05, 4.69) is 41.5 Å². The molecular formula is C28H50. The zero-order valence-corrected chi connectivity index (χ0v) is 20.1. The zero-order chi connectivity index (χ0) is 20.1. The first-order valence-corrected chi connectivity index (χ1v) is 13.3. The lowest BCUT2D eigenvalue weighted by atomic mass is 9.44. The molecule has 0 nitrogen and oxygen atoms in total. The van der Waals surface area contributed by atoms with Crippen LogP contribution in [0.4, 0.5) is 0 Å². The van der Waals surface area contributed by atoms with E-state index < -0.39 is 0 Å². The first-order chi connectivity index (χ1) is 13.3. The van der Waals surface area contributed by atoms with Gasteiger partial charge in [-0.1, -0.05) is 67.2 Å². The lowest BCUT2D eigenvalue weighted by Crippen LogP contribution is -2.53. The van der Waals surface area contributed by atoms with E-state index in [-0.39, 0.29) is 0 Å². The predicted molar refractivity (Wildman–Crippen MR) is 122 cm³/mol. The average Bonchev–Trinajstić information content (AvgIpc) is 3.02. The summed E-state index contributed by atoms with van der Waals surface area (Å²) in [4.78, 5) is 0. The normalized spacial score (nSPS) is 47.9. The zero-order valence-electron chi connectivity index (χ0n) is 20.1. The molecule has 0 aromatic heterocycles. The van der Waals surface area contributed by atoms with Crippen molar-refractivity contribution in [3.05, 3.63) is 0 Å². The predicted octanol–water partition coefficient (Wildman–Crippen LogP) is 8.74. The maximum atomic E-state index is 2.75. The topological polar surface area (TPSA) is 0 Å². The van der Waals surface area contributed by atoms with Crippen LogP contribution in [0.3, 0.4) is 0 Å². The maximum Gasteiger partial charge on any atom is -0.0264 e. The highest BCUT2D eigenvalue weighted by atomic mass is 14.6. The van der Waals surface area contributed by atoms with Crippen LogP contribution in [0.5, 0.6) is 0 Å². The summed E-state index contributed by atoms with van der Waals surface area (Å²) in [6, 6.07) is 0. The van der Waals surface area contributed by atoms with Crippen LogP contribution in [-0.4, -0.2) is 0 Å². The monoisotopic (exact) mass is 386 g/mol. The third-order valence-electron chi connectivity index (χ3n) is 11.6. The highest BCUT2D eigenvalue weighted by Crippen LogP contribution is 2.68. The average molecular weight is 387 g/mol. The molecule has 1 unspecified atom stereocenters. The number of hydrogen-bond donors (Lipinski definition) is 0. The molecule has 0 bridgehead atoms. The largest absolute Gasteiger partial charge is 0.0625 e. The lowest BCUT2D eigenvalue weighted by Gasteiger charge is -2.61. The van der Waals surface area contributed by atoms with E-state index in [1.807, 2.05) is 0 Å². The van der Waals surface area contributed by atoms with Gasteiger partial charge in [0.15, 0.2) is 0 Å². The summed E-state index contributed by atoms with van der Waals surface area (Å²) < 4.78 is 0. The van der Waals surface area contributed by atoms with Crippen LogP contribution in [0.25, 0.3) is 0 Å². The van der Waals surface area contributed by atoms with Crippen LogP contribution in [0.1, 0.15) is 119 Å². The van der Waals surface area contributed by atoms with Crippen molar-refractivity contribution in [1.29, 1.82) is 0 Å². The lowest BCUT2D eigenvalue weighted by molar-refractivity contribution is -0.114. The molecule has 4 saturated carbocycles. The van der Waals surface area contributed by atoms with Crippen LogP contribution in [0, 0.1) is 58.2 Å². The van der Waals surface area contributed by atoms with Crippen molar-refractivity contribution in [2.24, 2.45) is 58.2 Å². The fraction of sp³-hybridized carbons (Fsp3) is 1.00. The van der Waals surface area contributed by atoms with Gasteiger partial charge >= 0.3 is 0 Å². The van der Waals surface area contributed by atoms with Crippen LogP contribution in [0.15, 0.2) is 0 Å². The van der Waals surface area contributed by atoms with Gasteiger partial charge in [0.2, 0.25) is 0 Å². The minimum atomic E-state index is 0.666. The first-order valence-electron chi connectivity index (χ1n) is 13.3. The molecule has 28 heavy (non-hydrogen) atoms. The summed E-state index contributed by atoms with van der Waals surface area (Å²) in [7, 11) is 0. The van der Waals surface area contributed by atoms with Crippen molar-refractivity contribution in [3.63, 3.8) is 0 Å². The second-order valence-corrected chi connectivity index (χ2v) is 12.9. The molecule has 0 aromatic carbocycles. The third kappa shape index (κ3) is 3.41. The van der Waals surface area contributed by atoms with Crippen molar-refractivity contribution >= 4 is 0 Å². The van der Waals surface area contributed by atoms with Crippen molar-refractivity contribution in [3.8, 4) is 0 Å². The molecule has 0 radical (unpaired) electrons. The Labute approximate surface area is 177 Å². The minimum Gasteiger partial charge on any atom is -0.0625 e. The van der Waals surface area contributed by atoms with Gasteiger partial charge in [0.25, 0.3) is 0 Å². The Hall–Kier alpha value is 0. The van der Waals surface area contributed by atoms with E-state index in [9.17, 15) is 0 Å². The Morgan fingerprint density at radius 2 is 1.46 bits per heavy atom. The third-order valence-corrected chi connectivity index (χ3v) is 11.6. The minimum absolute atomic E-state index is 0.666. The molecule has 9 atom stereocenters. The summed E-state index contributed by atoms with van der Waals surface area (Å²) in [5.74, 6) is 7.96. The summed E-state index contributed by atoms with van der Waals surface area (Å²) >= 11 is 0. The molecule has 0 heteroatoms. The molecule has 0 amide bonds.